The Balaban J connectivity index is 1.47. The molecule has 1 aliphatic heterocycles. The molecule has 2 heterocycles. The van der Waals surface area contributed by atoms with Crippen molar-refractivity contribution in [2.45, 2.75) is 26.8 Å². The highest BCUT2D eigenvalue weighted by atomic mass is 16.2. The van der Waals surface area contributed by atoms with E-state index in [1.54, 1.807) is 12.4 Å². The number of fused-ring (bicyclic) bond motifs is 1. The van der Waals surface area contributed by atoms with Gasteiger partial charge in [0.2, 0.25) is 0 Å². The average Bonchev–Trinajstić information content (AvgIpc) is 2.70. The molecule has 3 aromatic rings. The quantitative estimate of drug-likeness (QED) is 0.768. The van der Waals surface area contributed by atoms with E-state index in [2.05, 4.69) is 53.4 Å². The van der Waals surface area contributed by atoms with E-state index in [1.807, 2.05) is 23.1 Å². The zero-order chi connectivity index (χ0) is 18.8. The fourth-order valence-corrected chi connectivity index (χ4v) is 3.43. The molecule has 1 amide bonds. The third kappa shape index (κ3) is 3.67. The maximum Gasteiger partial charge on any atom is 0.274 e. The van der Waals surface area contributed by atoms with Gasteiger partial charge in [-0.2, -0.15) is 0 Å². The van der Waals surface area contributed by atoms with E-state index in [4.69, 9.17) is 0 Å². The van der Waals surface area contributed by atoms with E-state index < -0.39 is 0 Å². The van der Waals surface area contributed by atoms with Crippen LogP contribution in [0.1, 0.15) is 32.7 Å². The largest absolute Gasteiger partial charge is 0.339 e. The highest BCUT2D eigenvalue weighted by Crippen LogP contribution is 2.21. The molecule has 5 nitrogen and oxygen atoms in total. The Kier molecular flexibility index (Phi) is 4.59. The lowest BCUT2D eigenvalue weighted by atomic mass is 10.00. The van der Waals surface area contributed by atoms with Gasteiger partial charge in [-0.25, -0.2) is 9.97 Å². The lowest BCUT2D eigenvalue weighted by Gasteiger charge is -2.28. The monoisotopic (exact) mass is 358 g/mol. The molecule has 1 aliphatic rings. The predicted molar refractivity (Wildman–Crippen MR) is 106 cm³/mol. The minimum absolute atomic E-state index is 0.0740. The van der Waals surface area contributed by atoms with Gasteiger partial charge in [0.05, 0.1) is 12.4 Å². The molecule has 0 radical (unpaired) electrons. The minimum Gasteiger partial charge on any atom is -0.339 e. The number of anilines is 2. The molecule has 0 saturated carbocycles. The van der Waals surface area contributed by atoms with Gasteiger partial charge in [-0.3, -0.25) is 4.79 Å². The maximum absolute atomic E-state index is 12.8. The summed E-state index contributed by atoms with van der Waals surface area (Å²) >= 11 is 0. The number of carbonyl (C=O) groups excluding carboxylic acids is 1. The number of aromatic nitrogens is 2. The molecule has 0 fully saturated rings. The van der Waals surface area contributed by atoms with E-state index in [0.29, 0.717) is 24.6 Å². The molecule has 0 atom stereocenters. The molecule has 0 spiro atoms. The number of nitrogens with one attached hydrogen (secondary N) is 1. The summed E-state index contributed by atoms with van der Waals surface area (Å²) in [4.78, 5) is 23.3. The molecule has 0 bridgehead atoms. The molecule has 2 aromatic carbocycles. The van der Waals surface area contributed by atoms with Crippen molar-refractivity contribution >= 4 is 17.4 Å². The third-order valence-electron chi connectivity index (χ3n) is 4.93. The van der Waals surface area contributed by atoms with Crippen LogP contribution in [0.3, 0.4) is 0 Å². The molecule has 0 unspecified atom stereocenters. The number of hydrogen-bond acceptors (Lipinski definition) is 4. The first-order valence-electron chi connectivity index (χ1n) is 9.12. The molecule has 5 heteroatoms. The Bertz CT molecular complexity index is 982. The summed E-state index contributed by atoms with van der Waals surface area (Å²) in [5, 5.41) is 3.26. The molecule has 27 heavy (non-hydrogen) atoms. The van der Waals surface area contributed by atoms with Crippen molar-refractivity contribution in [3.8, 4) is 0 Å². The van der Waals surface area contributed by atoms with Crippen LogP contribution in [0.15, 0.2) is 54.9 Å². The second-order valence-corrected chi connectivity index (χ2v) is 6.98. The lowest BCUT2D eigenvalue weighted by molar-refractivity contribution is 0.0728. The Labute approximate surface area is 159 Å². The van der Waals surface area contributed by atoms with Crippen LogP contribution in [0.5, 0.6) is 0 Å². The lowest BCUT2D eigenvalue weighted by Crippen LogP contribution is -2.36. The first-order chi connectivity index (χ1) is 13.1. The summed E-state index contributed by atoms with van der Waals surface area (Å²) in [6.45, 7) is 5.45. The van der Waals surface area contributed by atoms with Gasteiger partial charge in [0.1, 0.15) is 11.5 Å². The molecular formula is C22H22N4O. The van der Waals surface area contributed by atoms with Gasteiger partial charge < -0.3 is 10.2 Å². The number of carbonyl (C=O) groups is 1. The van der Waals surface area contributed by atoms with Crippen LogP contribution in [0.25, 0.3) is 0 Å². The van der Waals surface area contributed by atoms with Gasteiger partial charge >= 0.3 is 0 Å². The summed E-state index contributed by atoms with van der Waals surface area (Å²) in [7, 11) is 0. The number of aryl methyl sites for hydroxylation is 2. The fraction of sp³-hybridized carbons (Fsp3) is 0.227. The second-order valence-electron chi connectivity index (χ2n) is 6.98. The summed E-state index contributed by atoms with van der Waals surface area (Å²) < 4.78 is 0. The van der Waals surface area contributed by atoms with Crippen LogP contribution in [-0.2, 0) is 13.0 Å². The zero-order valence-corrected chi connectivity index (χ0v) is 15.6. The highest BCUT2D eigenvalue weighted by molar-refractivity contribution is 5.92. The van der Waals surface area contributed by atoms with Crippen LogP contribution < -0.4 is 5.32 Å². The van der Waals surface area contributed by atoms with Crippen molar-refractivity contribution in [2.24, 2.45) is 0 Å². The Morgan fingerprint density at radius 3 is 2.59 bits per heavy atom. The Morgan fingerprint density at radius 1 is 1.04 bits per heavy atom. The van der Waals surface area contributed by atoms with E-state index >= 15 is 0 Å². The van der Waals surface area contributed by atoms with Crippen molar-refractivity contribution in [3.05, 3.63) is 82.8 Å². The van der Waals surface area contributed by atoms with Crippen molar-refractivity contribution in [1.29, 1.82) is 0 Å². The van der Waals surface area contributed by atoms with Crippen molar-refractivity contribution in [3.63, 3.8) is 0 Å². The number of hydrogen-bond donors (Lipinski definition) is 1. The Morgan fingerprint density at radius 2 is 1.85 bits per heavy atom. The van der Waals surface area contributed by atoms with Gasteiger partial charge in [-0.1, -0.05) is 42.0 Å². The smallest absolute Gasteiger partial charge is 0.274 e. The fourth-order valence-electron chi connectivity index (χ4n) is 3.43. The van der Waals surface area contributed by atoms with E-state index in [9.17, 15) is 4.79 Å². The molecule has 1 N–H and O–H groups in total. The van der Waals surface area contributed by atoms with Crippen molar-refractivity contribution in [1.82, 2.24) is 14.9 Å². The molecular weight excluding hydrogens is 336 g/mol. The van der Waals surface area contributed by atoms with Crippen molar-refractivity contribution < 1.29 is 4.79 Å². The number of benzene rings is 2. The highest BCUT2D eigenvalue weighted by Gasteiger charge is 2.22. The summed E-state index contributed by atoms with van der Waals surface area (Å²) in [6.07, 6.45) is 4.04. The minimum atomic E-state index is -0.0740. The van der Waals surface area contributed by atoms with Gasteiger partial charge in [0, 0.05) is 18.8 Å². The molecule has 1 aromatic heterocycles. The van der Waals surface area contributed by atoms with E-state index in [0.717, 1.165) is 17.7 Å². The van der Waals surface area contributed by atoms with Gasteiger partial charge in [0.15, 0.2) is 0 Å². The standard InChI is InChI=1S/C22H22N4O/c1-15-7-8-19(16(2)11-15)25-21-13-23-20(12-24-21)22(27)26-10-9-17-5-3-4-6-18(17)14-26/h3-8,11-13H,9-10,14H2,1-2H3,(H,24,25). The number of amides is 1. The van der Waals surface area contributed by atoms with E-state index in [-0.39, 0.29) is 5.91 Å². The zero-order valence-electron chi connectivity index (χ0n) is 15.6. The normalized spacial score (nSPS) is 13.2. The van der Waals surface area contributed by atoms with Gasteiger partial charge in [0.25, 0.3) is 5.91 Å². The summed E-state index contributed by atoms with van der Waals surface area (Å²) in [5.74, 6) is 0.553. The maximum atomic E-state index is 12.8. The number of rotatable bonds is 3. The summed E-state index contributed by atoms with van der Waals surface area (Å²) in [6, 6.07) is 14.5. The van der Waals surface area contributed by atoms with Crippen LogP contribution in [0.2, 0.25) is 0 Å². The average molecular weight is 358 g/mol. The number of nitrogens with zero attached hydrogens (tertiary/aromatic N) is 3. The molecule has 0 saturated heterocycles. The molecule has 0 aliphatic carbocycles. The first-order valence-corrected chi connectivity index (χ1v) is 9.12. The third-order valence-corrected chi connectivity index (χ3v) is 4.93. The topological polar surface area (TPSA) is 58.1 Å². The van der Waals surface area contributed by atoms with Gasteiger partial charge in [-0.05, 0) is 43.0 Å². The van der Waals surface area contributed by atoms with Gasteiger partial charge in [-0.15, -0.1) is 0 Å². The Hall–Kier alpha value is -3.21. The molecule has 136 valence electrons. The molecule has 4 rings (SSSR count). The SMILES string of the molecule is Cc1ccc(Nc2cnc(C(=O)N3CCc4ccccc4C3)cn2)c(C)c1. The van der Waals surface area contributed by atoms with Crippen LogP contribution in [-0.4, -0.2) is 27.3 Å². The van der Waals surface area contributed by atoms with E-state index in [1.165, 1.54) is 16.7 Å². The predicted octanol–water partition coefficient (Wildman–Crippen LogP) is 4.04. The van der Waals surface area contributed by atoms with Crippen LogP contribution >= 0.6 is 0 Å². The van der Waals surface area contributed by atoms with Crippen LogP contribution in [0.4, 0.5) is 11.5 Å². The van der Waals surface area contributed by atoms with Crippen molar-refractivity contribution in [2.75, 3.05) is 11.9 Å². The van der Waals surface area contributed by atoms with Crippen LogP contribution in [0, 0.1) is 13.8 Å². The first kappa shape index (κ1) is 17.2. The second kappa shape index (κ2) is 7.19. The summed E-state index contributed by atoms with van der Waals surface area (Å²) in [5.41, 5.74) is 6.25.